The number of nitrogens with one attached hydrogen (secondary N) is 1. The van der Waals surface area contributed by atoms with Crippen LogP contribution < -0.4 is 14.8 Å². The van der Waals surface area contributed by atoms with Crippen molar-refractivity contribution in [1.29, 1.82) is 0 Å². The number of nitrogens with zero attached hydrogens (tertiary/aromatic N) is 1. The highest BCUT2D eigenvalue weighted by Crippen LogP contribution is 2.32. The maximum Gasteiger partial charge on any atom is 0.326 e. The molecule has 0 unspecified atom stereocenters. The maximum atomic E-state index is 12.5. The van der Waals surface area contributed by atoms with Crippen molar-refractivity contribution < 1.29 is 28.6 Å². The summed E-state index contributed by atoms with van der Waals surface area (Å²) in [5, 5.41) is 2.47. The van der Waals surface area contributed by atoms with Gasteiger partial charge in [0.15, 0.2) is 17.6 Å². The van der Waals surface area contributed by atoms with Crippen molar-refractivity contribution in [3.8, 4) is 11.5 Å². The van der Waals surface area contributed by atoms with Gasteiger partial charge in [0, 0.05) is 17.6 Å². The lowest BCUT2D eigenvalue weighted by molar-refractivity contribution is -0.160. The van der Waals surface area contributed by atoms with Crippen LogP contribution in [0.2, 0.25) is 0 Å². The number of hydrogen-bond acceptors (Lipinski definition) is 6. The van der Waals surface area contributed by atoms with Gasteiger partial charge in [0.25, 0.3) is 11.8 Å². The van der Waals surface area contributed by atoms with E-state index in [0.717, 1.165) is 0 Å². The van der Waals surface area contributed by atoms with E-state index in [1.807, 2.05) is 27.7 Å². The van der Waals surface area contributed by atoms with Crippen LogP contribution in [-0.4, -0.2) is 54.2 Å². The Morgan fingerprint density at radius 1 is 1.07 bits per heavy atom. The van der Waals surface area contributed by atoms with Crippen LogP contribution in [0.15, 0.2) is 18.2 Å². The van der Waals surface area contributed by atoms with Gasteiger partial charge in [0.05, 0.1) is 0 Å². The Morgan fingerprint density at radius 2 is 1.70 bits per heavy atom. The van der Waals surface area contributed by atoms with Crippen molar-refractivity contribution in [1.82, 2.24) is 10.2 Å². The Balaban J connectivity index is 1.86. The minimum atomic E-state index is -0.926. The SMILES string of the molecule is CC(C)N(C(=O)[C@@H](C)OC(=O)CNC(=O)c1ccc2c(c1)OCO2)C(C)C. The third-order valence-corrected chi connectivity index (χ3v) is 4.05. The van der Waals surface area contributed by atoms with E-state index in [1.54, 1.807) is 17.0 Å². The van der Waals surface area contributed by atoms with E-state index in [-0.39, 0.29) is 31.3 Å². The molecule has 0 fully saturated rings. The van der Waals surface area contributed by atoms with Crippen molar-refractivity contribution in [3.63, 3.8) is 0 Å². The first-order chi connectivity index (χ1) is 12.7. The van der Waals surface area contributed by atoms with E-state index >= 15 is 0 Å². The van der Waals surface area contributed by atoms with Gasteiger partial charge in [-0.3, -0.25) is 14.4 Å². The molecule has 0 spiro atoms. The Labute approximate surface area is 158 Å². The van der Waals surface area contributed by atoms with E-state index in [9.17, 15) is 14.4 Å². The largest absolute Gasteiger partial charge is 0.454 e. The van der Waals surface area contributed by atoms with Crippen LogP contribution in [0.4, 0.5) is 0 Å². The molecule has 0 radical (unpaired) electrons. The summed E-state index contributed by atoms with van der Waals surface area (Å²) >= 11 is 0. The summed E-state index contributed by atoms with van der Waals surface area (Å²) in [7, 11) is 0. The number of esters is 1. The molecule has 148 valence electrons. The van der Waals surface area contributed by atoms with Gasteiger partial charge in [-0.1, -0.05) is 0 Å². The third kappa shape index (κ3) is 5.12. The average Bonchev–Trinajstić information content (AvgIpc) is 3.06. The molecule has 1 aliphatic heterocycles. The minimum Gasteiger partial charge on any atom is -0.454 e. The van der Waals surface area contributed by atoms with E-state index < -0.39 is 18.0 Å². The predicted octanol–water partition coefficient (Wildman–Crippen LogP) is 1.72. The fraction of sp³-hybridized carbons (Fsp3) is 0.526. The number of fused-ring (bicyclic) bond motifs is 1. The van der Waals surface area contributed by atoms with Crippen molar-refractivity contribution in [2.24, 2.45) is 0 Å². The zero-order valence-electron chi connectivity index (χ0n) is 16.3. The van der Waals surface area contributed by atoms with Gasteiger partial charge in [0.1, 0.15) is 6.54 Å². The van der Waals surface area contributed by atoms with Crippen molar-refractivity contribution >= 4 is 17.8 Å². The fourth-order valence-electron chi connectivity index (χ4n) is 2.90. The van der Waals surface area contributed by atoms with Crippen LogP contribution in [0, 0.1) is 0 Å². The summed E-state index contributed by atoms with van der Waals surface area (Å²) in [6.07, 6.45) is -0.926. The highest BCUT2D eigenvalue weighted by Gasteiger charge is 2.27. The molecule has 0 aromatic heterocycles. The van der Waals surface area contributed by atoms with E-state index in [1.165, 1.54) is 13.0 Å². The molecule has 8 nitrogen and oxygen atoms in total. The highest BCUT2D eigenvalue weighted by atomic mass is 16.7. The standard InChI is InChI=1S/C19H26N2O6/c1-11(2)21(12(3)4)19(24)13(5)27-17(22)9-20-18(23)14-6-7-15-16(8-14)26-10-25-15/h6-8,11-13H,9-10H2,1-5H3,(H,20,23)/t13-/m1/s1. The second kappa shape index (κ2) is 8.75. The van der Waals surface area contributed by atoms with Crippen LogP contribution in [0.25, 0.3) is 0 Å². The normalized spacial score (nSPS) is 13.4. The van der Waals surface area contributed by atoms with E-state index in [0.29, 0.717) is 17.1 Å². The number of benzene rings is 1. The van der Waals surface area contributed by atoms with Gasteiger partial charge < -0.3 is 24.4 Å². The zero-order chi connectivity index (χ0) is 20.1. The number of amides is 2. The summed E-state index contributed by atoms with van der Waals surface area (Å²) in [6.45, 7) is 8.90. The summed E-state index contributed by atoms with van der Waals surface area (Å²) in [5.74, 6) is -0.354. The lowest BCUT2D eigenvalue weighted by Crippen LogP contribution is -2.48. The molecule has 0 saturated heterocycles. The quantitative estimate of drug-likeness (QED) is 0.726. The van der Waals surface area contributed by atoms with E-state index in [4.69, 9.17) is 14.2 Å². The Hall–Kier alpha value is -2.77. The molecule has 27 heavy (non-hydrogen) atoms. The summed E-state index contributed by atoms with van der Waals surface area (Å²) in [6, 6.07) is 4.72. The summed E-state index contributed by atoms with van der Waals surface area (Å²) < 4.78 is 15.6. The zero-order valence-corrected chi connectivity index (χ0v) is 16.3. The molecule has 1 atom stereocenters. The Kier molecular flexibility index (Phi) is 6.65. The Morgan fingerprint density at radius 3 is 2.33 bits per heavy atom. The first-order valence-corrected chi connectivity index (χ1v) is 8.90. The van der Waals surface area contributed by atoms with Gasteiger partial charge in [-0.2, -0.15) is 0 Å². The molecular weight excluding hydrogens is 352 g/mol. The highest BCUT2D eigenvalue weighted by molar-refractivity contribution is 5.96. The number of hydrogen-bond donors (Lipinski definition) is 1. The molecule has 1 heterocycles. The van der Waals surface area contributed by atoms with Gasteiger partial charge in [-0.25, -0.2) is 0 Å². The number of rotatable bonds is 7. The van der Waals surface area contributed by atoms with Crippen LogP contribution in [-0.2, 0) is 14.3 Å². The monoisotopic (exact) mass is 378 g/mol. The molecule has 1 aromatic rings. The molecule has 8 heteroatoms. The molecule has 0 aliphatic carbocycles. The van der Waals surface area contributed by atoms with Crippen molar-refractivity contribution in [2.45, 2.75) is 52.8 Å². The summed E-state index contributed by atoms with van der Waals surface area (Å²) in [4.78, 5) is 38.3. The lowest BCUT2D eigenvalue weighted by atomic mass is 10.2. The molecular formula is C19H26N2O6. The molecule has 0 saturated carbocycles. The van der Waals surface area contributed by atoms with Crippen LogP contribution >= 0.6 is 0 Å². The molecule has 0 bridgehead atoms. The molecule has 2 amide bonds. The van der Waals surface area contributed by atoms with Gasteiger partial charge >= 0.3 is 5.97 Å². The first kappa shape index (κ1) is 20.5. The fourth-order valence-corrected chi connectivity index (χ4v) is 2.90. The maximum absolute atomic E-state index is 12.5. The average molecular weight is 378 g/mol. The summed E-state index contributed by atoms with van der Waals surface area (Å²) in [5.41, 5.74) is 0.335. The topological polar surface area (TPSA) is 94.2 Å². The van der Waals surface area contributed by atoms with Crippen LogP contribution in [0.5, 0.6) is 11.5 Å². The van der Waals surface area contributed by atoms with Gasteiger partial charge in [0.2, 0.25) is 6.79 Å². The molecule has 1 aromatic carbocycles. The molecule has 1 N–H and O–H groups in total. The number of ether oxygens (including phenoxy) is 3. The van der Waals surface area contributed by atoms with Gasteiger partial charge in [-0.15, -0.1) is 0 Å². The molecule has 1 aliphatic rings. The lowest BCUT2D eigenvalue weighted by Gasteiger charge is -2.32. The number of carbonyl (C=O) groups excluding carboxylic acids is 3. The second-order valence-corrected chi connectivity index (χ2v) is 6.82. The minimum absolute atomic E-state index is 0.00985. The van der Waals surface area contributed by atoms with E-state index in [2.05, 4.69) is 5.32 Å². The number of carbonyl (C=O) groups is 3. The smallest absolute Gasteiger partial charge is 0.326 e. The first-order valence-electron chi connectivity index (χ1n) is 8.90. The van der Waals surface area contributed by atoms with Crippen LogP contribution in [0.1, 0.15) is 45.0 Å². The third-order valence-electron chi connectivity index (χ3n) is 4.05. The van der Waals surface area contributed by atoms with Crippen molar-refractivity contribution in [3.05, 3.63) is 23.8 Å². The molecule has 2 rings (SSSR count). The van der Waals surface area contributed by atoms with Gasteiger partial charge in [-0.05, 0) is 52.8 Å². The van der Waals surface area contributed by atoms with Crippen molar-refractivity contribution in [2.75, 3.05) is 13.3 Å². The Bertz CT molecular complexity index is 708. The second-order valence-electron chi connectivity index (χ2n) is 6.82. The van der Waals surface area contributed by atoms with Crippen LogP contribution in [0.3, 0.4) is 0 Å². The predicted molar refractivity (Wildman–Crippen MR) is 97.6 cm³/mol.